The Balaban J connectivity index is 1.14. The molecule has 0 radical (unpaired) electrons. The second kappa shape index (κ2) is 13.1. The number of amidine groups is 1. The van der Waals surface area contributed by atoms with Crippen molar-refractivity contribution in [2.45, 2.75) is 17.7 Å². The first-order valence-corrected chi connectivity index (χ1v) is 19.3. The molecule has 9 aromatic rings. The van der Waals surface area contributed by atoms with Gasteiger partial charge in [0.1, 0.15) is 5.84 Å². The van der Waals surface area contributed by atoms with Gasteiger partial charge in [-0.3, -0.25) is 4.99 Å². The van der Waals surface area contributed by atoms with Crippen LogP contribution >= 0.6 is 0 Å². The van der Waals surface area contributed by atoms with E-state index in [-0.39, 0.29) is 12.3 Å². The van der Waals surface area contributed by atoms with Crippen molar-refractivity contribution < 1.29 is 0 Å². The standard InChI is InChI=1S/C52H37N4/c1-5-18-35(19-6-1)49-53-50(36-20-7-2-8-21-36)55-51(54-49)37-22-17-27-40(32-37)56-47-31-16-14-29-42(47)44-33-43-41-28-13-15-30-45(41)52(46(43)34-48(44)56,38-23-9-3-10-24-38)39-25-11-4-12-26-39/h1-34,49-50H,(H,54,55)/q-1. The molecule has 266 valence electrons. The van der Waals surface area contributed by atoms with E-state index < -0.39 is 5.41 Å². The van der Waals surface area contributed by atoms with Crippen molar-refractivity contribution in [1.29, 1.82) is 0 Å². The molecule has 1 aliphatic carbocycles. The highest BCUT2D eigenvalue weighted by molar-refractivity contribution is 6.12. The first-order valence-electron chi connectivity index (χ1n) is 19.3. The first-order chi connectivity index (χ1) is 27.8. The predicted octanol–water partition coefficient (Wildman–Crippen LogP) is 12.3. The van der Waals surface area contributed by atoms with E-state index >= 15 is 0 Å². The van der Waals surface area contributed by atoms with Crippen LogP contribution in [0.15, 0.2) is 211 Å². The average Bonchev–Trinajstić information content (AvgIpc) is 3.76. The van der Waals surface area contributed by atoms with Crippen molar-refractivity contribution in [2.75, 3.05) is 0 Å². The van der Waals surface area contributed by atoms with Gasteiger partial charge in [-0.2, -0.15) is 0 Å². The molecule has 0 spiro atoms. The minimum atomic E-state index is -0.491. The van der Waals surface area contributed by atoms with Crippen LogP contribution in [0.4, 0.5) is 0 Å². The van der Waals surface area contributed by atoms with Gasteiger partial charge in [-0.25, -0.2) is 0 Å². The Morgan fingerprint density at radius 1 is 0.482 bits per heavy atom. The van der Waals surface area contributed by atoms with Crippen LogP contribution in [0, 0.1) is 0 Å². The lowest BCUT2D eigenvalue weighted by molar-refractivity contribution is 0.631. The van der Waals surface area contributed by atoms with Gasteiger partial charge >= 0.3 is 0 Å². The predicted molar refractivity (Wildman–Crippen MR) is 229 cm³/mol. The summed E-state index contributed by atoms with van der Waals surface area (Å²) in [4.78, 5) is 5.23. The second-order valence-corrected chi connectivity index (χ2v) is 14.7. The summed E-state index contributed by atoms with van der Waals surface area (Å²) in [7, 11) is 0. The lowest BCUT2D eigenvalue weighted by Gasteiger charge is -2.44. The zero-order valence-corrected chi connectivity index (χ0v) is 30.6. The lowest BCUT2D eigenvalue weighted by atomic mass is 9.67. The number of nitrogens with one attached hydrogen (secondary N) is 1. The zero-order chi connectivity index (χ0) is 37.1. The van der Waals surface area contributed by atoms with Crippen molar-refractivity contribution in [1.82, 2.24) is 9.88 Å². The second-order valence-electron chi connectivity index (χ2n) is 14.7. The third kappa shape index (κ3) is 5.00. The smallest absolute Gasteiger partial charge is 0.126 e. The van der Waals surface area contributed by atoms with E-state index in [9.17, 15) is 0 Å². The fourth-order valence-electron chi connectivity index (χ4n) is 9.22. The van der Waals surface area contributed by atoms with E-state index in [1.54, 1.807) is 0 Å². The summed E-state index contributed by atoms with van der Waals surface area (Å²) in [5.41, 5.74) is 13.8. The van der Waals surface area contributed by atoms with Crippen LogP contribution in [-0.2, 0) is 5.41 Å². The number of hydrogen-bond donors (Lipinski definition) is 1. The van der Waals surface area contributed by atoms with E-state index in [0.717, 1.165) is 28.2 Å². The Morgan fingerprint density at radius 3 is 1.84 bits per heavy atom. The van der Waals surface area contributed by atoms with Gasteiger partial charge in [0.05, 0.1) is 16.4 Å². The molecular weight excluding hydrogens is 681 g/mol. The molecule has 4 nitrogen and oxygen atoms in total. The summed E-state index contributed by atoms with van der Waals surface area (Å²) < 4.78 is 2.44. The molecule has 0 bridgehead atoms. The quantitative estimate of drug-likeness (QED) is 0.183. The first kappa shape index (κ1) is 32.4. The maximum atomic E-state index is 5.23. The van der Waals surface area contributed by atoms with Gasteiger partial charge in [0, 0.05) is 22.0 Å². The Bertz CT molecular complexity index is 2870. The fourth-order valence-corrected chi connectivity index (χ4v) is 9.22. The Labute approximate surface area is 326 Å². The van der Waals surface area contributed by atoms with Crippen LogP contribution in [0.2, 0.25) is 0 Å². The highest BCUT2D eigenvalue weighted by atomic mass is 15.3. The number of para-hydroxylation sites is 1. The summed E-state index contributed by atoms with van der Waals surface area (Å²) in [6.07, 6.45) is -0.568. The molecule has 2 heterocycles. The van der Waals surface area contributed by atoms with Crippen molar-refractivity contribution in [3.05, 3.63) is 251 Å². The Kier molecular flexibility index (Phi) is 7.58. The van der Waals surface area contributed by atoms with Gasteiger partial charge in [0.25, 0.3) is 0 Å². The molecule has 56 heavy (non-hydrogen) atoms. The van der Waals surface area contributed by atoms with Gasteiger partial charge in [0.2, 0.25) is 0 Å². The van der Waals surface area contributed by atoms with Gasteiger partial charge < -0.3 is 15.2 Å². The molecule has 8 aromatic carbocycles. The topological polar surface area (TPSA) is 43.4 Å². The minimum Gasteiger partial charge on any atom is -0.613 e. The molecule has 11 rings (SSSR count). The zero-order valence-electron chi connectivity index (χ0n) is 30.6. The third-order valence-corrected chi connectivity index (χ3v) is 11.7. The summed E-state index contributed by atoms with van der Waals surface area (Å²) >= 11 is 0. The molecule has 0 saturated carbocycles. The molecule has 4 heteroatoms. The van der Waals surface area contributed by atoms with Crippen molar-refractivity contribution >= 4 is 27.6 Å². The molecule has 2 aliphatic rings. The molecule has 1 aliphatic heterocycles. The minimum absolute atomic E-state index is 0.237. The highest BCUT2D eigenvalue weighted by Gasteiger charge is 2.46. The Morgan fingerprint density at radius 2 is 1.11 bits per heavy atom. The lowest BCUT2D eigenvalue weighted by Crippen LogP contribution is -2.34. The molecule has 0 fully saturated rings. The van der Waals surface area contributed by atoms with Gasteiger partial charge in [0.15, 0.2) is 0 Å². The SMILES string of the molecule is c1ccc(C2N=C(c3cccc(-n4c5ccccc5c5cc6c(cc54)C(c4ccccc4)(c4ccccc4)c4ccccc4-6)c3)NC(c3ccccc3)[N-]2)cc1. The molecule has 2 atom stereocenters. The van der Waals surface area contributed by atoms with Crippen molar-refractivity contribution in [3.63, 3.8) is 0 Å². The molecule has 2 unspecified atom stereocenters. The summed E-state index contributed by atoms with van der Waals surface area (Å²) in [6, 6.07) is 74.4. The molecule has 0 saturated heterocycles. The maximum Gasteiger partial charge on any atom is 0.126 e. The van der Waals surface area contributed by atoms with E-state index in [2.05, 4.69) is 204 Å². The number of aromatic nitrogens is 1. The normalized spacial score (nSPS) is 16.9. The average molecular weight is 718 g/mol. The number of nitrogens with zero attached hydrogens (tertiary/aromatic N) is 3. The van der Waals surface area contributed by atoms with E-state index in [1.165, 1.54) is 55.2 Å². The van der Waals surface area contributed by atoms with Gasteiger partial charge in [-0.05, 0) is 87.2 Å². The highest BCUT2D eigenvalue weighted by Crippen LogP contribution is 2.57. The van der Waals surface area contributed by atoms with E-state index in [0.29, 0.717) is 0 Å². The largest absolute Gasteiger partial charge is 0.613 e. The van der Waals surface area contributed by atoms with Crippen LogP contribution in [-0.4, -0.2) is 10.4 Å². The van der Waals surface area contributed by atoms with Crippen molar-refractivity contribution in [2.24, 2.45) is 4.99 Å². The number of aliphatic imine (C=N–C) groups is 1. The number of benzene rings is 8. The van der Waals surface area contributed by atoms with E-state index in [4.69, 9.17) is 10.3 Å². The number of hydrogen-bond acceptors (Lipinski definition) is 2. The fraction of sp³-hybridized carbons (Fsp3) is 0.0577. The van der Waals surface area contributed by atoms with E-state index in [1.807, 2.05) is 12.1 Å². The van der Waals surface area contributed by atoms with Crippen LogP contribution in [0.1, 0.15) is 51.3 Å². The molecule has 1 N–H and O–H groups in total. The van der Waals surface area contributed by atoms with Gasteiger partial charge in [-0.15, -0.1) is 0 Å². The van der Waals surface area contributed by atoms with Crippen LogP contribution in [0.3, 0.4) is 0 Å². The van der Waals surface area contributed by atoms with Crippen LogP contribution in [0.25, 0.3) is 43.9 Å². The van der Waals surface area contributed by atoms with Crippen LogP contribution < -0.4 is 5.32 Å². The Hall–Kier alpha value is -7.01. The monoisotopic (exact) mass is 717 g/mol. The van der Waals surface area contributed by atoms with Crippen LogP contribution in [0.5, 0.6) is 0 Å². The summed E-state index contributed by atoms with van der Waals surface area (Å²) in [6.45, 7) is 0. The summed E-state index contributed by atoms with van der Waals surface area (Å²) in [5.74, 6) is 0.828. The molecule has 0 amide bonds. The number of fused-ring (bicyclic) bond motifs is 6. The summed E-state index contributed by atoms with van der Waals surface area (Å²) in [5, 5.41) is 11.3. The maximum absolute atomic E-state index is 5.23. The van der Waals surface area contributed by atoms with Crippen molar-refractivity contribution in [3.8, 4) is 16.8 Å². The number of rotatable bonds is 6. The molecule has 1 aromatic heterocycles. The van der Waals surface area contributed by atoms with Gasteiger partial charge in [-0.1, -0.05) is 176 Å². The third-order valence-electron chi connectivity index (χ3n) is 11.7. The molecular formula is C52H37N4-.